The third-order valence-corrected chi connectivity index (χ3v) is 2.92. The highest BCUT2D eigenvalue weighted by Crippen LogP contribution is 2.26. The Morgan fingerprint density at radius 1 is 1.00 bits per heavy atom. The van der Waals surface area contributed by atoms with Crippen molar-refractivity contribution in [2.75, 3.05) is 14.2 Å². The Morgan fingerprint density at radius 3 is 2.23 bits per heavy atom. The van der Waals surface area contributed by atoms with Crippen molar-refractivity contribution >= 4 is 12.2 Å². The molecule has 0 spiro atoms. The van der Waals surface area contributed by atoms with Gasteiger partial charge in [-0.3, -0.25) is 0 Å². The molecule has 1 N–H and O–H groups in total. The number of methoxy groups -OCH3 is 2. The molecule has 0 atom stereocenters. The predicted molar refractivity (Wildman–Crippen MR) is 92.5 cm³/mol. The van der Waals surface area contributed by atoms with Crippen LogP contribution in [-0.4, -0.2) is 19.3 Å². The van der Waals surface area contributed by atoms with Gasteiger partial charge < -0.3 is 14.6 Å². The minimum Gasteiger partial charge on any atom is -0.504 e. The van der Waals surface area contributed by atoms with E-state index in [1.54, 1.807) is 25.3 Å². The van der Waals surface area contributed by atoms with Crippen LogP contribution in [0.2, 0.25) is 0 Å². The Labute approximate surface area is 132 Å². The topological polar surface area (TPSA) is 38.7 Å². The highest BCUT2D eigenvalue weighted by atomic mass is 16.5. The molecule has 0 aliphatic rings. The van der Waals surface area contributed by atoms with E-state index in [1.807, 2.05) is 49.4 Å². The second kappa shape index (κ2) is 9.29. The number of hydrogen-bond donors (Lipinski definition) is 1. The van der Waals surface area contributed by atoms with Crippen molar-refractivity contribution in [2.45, 2.75) is 6.92 Å². The van der Waals surface area contributed by atoms with E-state index < -0.39 is 0 Å². The second-order valence-electron chi connectivity index (χ2n) is 4.38. The number of allylic oxidation sites excluding steroid dienone is 1. The summed E-state index contributed by atoms with van der Waals surface area (Å²) in [6.45, 7) is 5.60. The molecule has 2 aromatic rings. The molecule has 0 fully saturated rings. The van der Waals surface area contributed by atoms with Gasteiger partial charge in [-0.1, -0.05) is 49.1 Å². The van der Waals surface area contributed by atoms with Crippen LogP contribution in [0.3, 0.4) is 0 Å². The number of phenolic OH excluding ortho intramolecular Hbond substituents is 1. The van der Waals surface area contributed by atoms with E-state index in [2.05, 4.69) is 6.58 Å². The summed E-state index contributed by atoms with van der Waals surface area (Å²) in [6, 6.07) is 13.0. The van der Waals surface area contributed by atoms with Gasteiger partial charge >= 0.3 is 0 Å². The number of benzene rings is 2. The quantitative estimate of drug-likeness (QED) is 0.883. The minimum atomic E-state index is 0.172. The molecule has 0 aliphatic heterocycles. The number of para-hydroxylation sites is 1. The lowest BCUT2D eigenvalue weighted by Gasteiger charge is -2.03. The third-order valence-electron chi connectivity index (χ3n) is 2.92. The van der Waals surface area contributed by atoms with Gasteiger partial charge in [-0.2, -0.15) is 0 Å². The zero-order valence-corrected chi connectivity index (χ0v) is 13.2. The van der Waals surface area contributed by atoms with E-state index in [0.29, 0.717) is 5.75 Å². The fourth-order valence-electron chi connectivity index (χ4n) is 1.83. The van der Waals surface area contributed by atoms with Gasteiger partial charge in [0.15, 0.2) is 11.5 Å². The standard InChI is InChI=1S/C10H12O2.C9H10O/c1-3-4-8-5-6-9(11)10(7-8)12-2;1-3-8-6-4-5-7-9(8)10-2/h3-7,11H,1-2H3;3-7H,1H2,2H3/b4-3+;. The Morgan fingerprint density at radius 2 is 1.68 bits per heavy atom. The Kier molecular flexibility index (Phi) is 7.34. The van der Waals surface area contributed by atoms with Gasteiger partial charge in [-0.05, 0) is 30.7 Å². The van der Waals surface area contributed by atoms with Crippen LogP contribution in [0.15, 0.2) is 55.1 Å². The number of hydrogen-bond acceptors (Lipinski definition) is 3. The molecule has 116 valence electrons. The monoisotopic (exact) mass is 298 g/mol. The van der Waals surface area contributed by atoms with Crippen molar-refractivity contribution in [3.8, 4) is 17.2 Å². The van der Waals surface area contributed by atoms with Gasteiger partial charge in [0, 0.05) is 5.56 Å². The van der Waals surface area contributed by atoms with E-state index in [4.69, 9.17) is 9.47 Å². The van der Waals surface area contributed by atoms with Crippen LogP contribution in [0, 0.1) is 0 Å². The average molecular weight is 298 g/mol. The molecule has 0 unspecified atom stereocenters. The van der Waals surface area contributed by atoms with Crippen LogP contribution in [0.5, 0.6) is 17.2 Å². The fourth-order valence-corrected chi connectivity index (χ4v) is 1.83. The average Bonchev–Trinajstić information content (AvgIpc) is 2.57. The molecule has 0 amide bonds. The molecule has 0 saturated heterocycles. The summed E-state index contributed by atoms with van der Waals surface area (Å²) in [6.07, 6.45) is 5.66. The summed E-state index contributed by atoms with van der Waals surface area (Å²) in [5.74, 6) is 1.55. The third kappa shape index (κ3) is 5.02. The van der Waals surface area contributed by atoms with Gasteiger partial charge in [0.05, 0.1) is 14.2 Å². The van der Waals surface area contributed by atoms with Crippen LogP contribution in [-0.2, 0) is 0 Å². The van der Waals surface area contributed by atoms with E-state index in [9.17, 15) is 5.11 Å². The Balaban J connectivity index is 0.000000224. The normalized spacial score (nSPS) is 9.77. The summed E-state index contributed by atoms with van der Waals surface area (Å²) >= 11 is 0. The summed E-state index contributed by atoms with van der Waals surface area (Å²) in [4.78, 5) is 0. The van der Waals surface area contributed by atoms with Gasteiger partial charge in [0.25, 0.3) is 0 Å². The van der Waals surface area contributed by atoms with Crippen molar-refractivity contribution in [1.29, 1.82) is 0 Å². The zero-order chi connectivity index (χ0) is 16.4. The molecule has 3 heteroatoms. The lowest BCUT2D eigenvalue weighted by Crippen LogP contribution is -1.84. The minimum absolute atomic E-state index is 0.172. The van der Waals surface area contributed by atoms with E-state index in [1.165, 1.54) is 7.11 Å². The maximum atomic E-state index is 9.25. The lowest BCUT2D eigenvalue weighted by molar-refractivity contribution is 0.373. The molecule has 2 aromatic carbocycles. The molecule has 2 rings (SSSR count). The highest BCUT2D eigenvalue weighted by Gasteiger charge is 1.99. The first kappa shape index (κ1) is 17.4. The van der Waals surface area contributed by atoms with Crippen molar-refractivity contribution in [3.05, 3.63) is 66.2 Å². The number of ether oxygens (including phenoxy) is 2. The smallest absolute Gasteiger partial charge is 0.161 e. The molecule has 0 heterocycles. The summed E-state index contributed by atoms with van der Waals surface area (Å²) < 4.78 is 10.0. The summed E-state index contributed by atoms with van der Waals surface area (Å²) in [5.41, 5.74) is 2.05. The molecular formula is C19H22O3. The maximum Gasteiger partial charge on any atom is 0.161 e. The van der Waals surface area contributed by atoms with Gasteiger partial charge in [-0.25, -0.2) is 0 Å². The molecule has 0 radical (unpaired) electrons. The summed E-state index contributed by atoms with van der Waals surface area (Å²) in [7, 11) is 3.19. The molecule has 0 aromatic heterocycles. The van der Waals surface area contributed by atoms with Crippen molar-refractivity contribution in [1.82, 2.24) is 0 Å². The predicted octanol–water partition coefficient (Wildman–Crippen LogP) is 4.77. The van der Waals surface area contributed by atoms with Crippen molar-refractivity contribution in [3.63, 3.8) is 0 Å². The SMILES string of the molecule is C/C=C/c1ccc(O)c(OC)c1.C=Cc1ccccc1OC. The number of rotatable bonds is 4. The highest BCUT2D eigenvalue weighted by molar-refractivity contribution is 5.55. The largest absolute Gasteiger partial charge is 0.504 e. The number of phenols is 1. The molecule has 0 saturated carbocycles. The Bertz CT molecular complexity index is 630. The first-order valence-electron chi connectivity index (χ1n) is 6.91. The lowest BCUT2D eigenvalue weighted by atomic mass is 10.2. The second-order valence-corrected chi connectivity index (χ2v) is 4.38. The molecule has 0 bridgehead atoms. The van der Waals surface area contributed by atoms with Crippen LogP contribution >= 0.6 is 0 Å². The van der Waals surface area contributed by atoms with Crippen molar-refractivity contribution in [2.24, 2.45) is 0 Å². The van der Waals surface area contributed by atoms with Gasteiger partial charge in [0.2, 0.25) is 0 Å². The molecule has 22 heavy (non-hydrogen) atoms. The first-order chi connectivity index (χ1) is 10.7. The maximum absolute atomic E-state index is 9.25. The van der Waals surface area contributed by atoms with E-state index >= 15 is 0 Å². The number of aromatic hydroxyl groups is 1. The zero-order valence-electron chi connectivity index (χ0n) is 13.2. The first-order valence-corrected chi connectivity index (χ1v) is 6.91. The molecule has 0 aliphatic carbocycles. The van der Waals surface area contributed by atoms with E-state index in [0.717, 1.165) is 16.9 Å². The van der Waals surface area contributed by atoms with Crippen LogP contribution in [0.4, 0.5) is 0 Å². The Hall–Kier alpha value is -2.68. The molecular weight excluding hydrogens is 276 g/mol. The molecule has 3 nitrogen and oxygen atoms in total. The van der Waals surface area contributed by atoms with Crippen molar-refractivity contribution < 1.29 is 14.6 Å². The van der Waals surface area contributed by atoms with Gasteiger partial charge in [0.1, 0.15) is 5.75 Å². The fraction of sp³-hybridized carbons (Fsp3) is 0.158. The van der Waals surface area contributed by atoms with Crippen LogP contribution in [0.25, 0.3) is 12.2 Å². The summed E-state index contributed by atoms with van der Waals surface area (Å²) in [5, 5.41) is 9.25. The van der Waals surface area contributed by atoms with Gasteiger partial charge in [-0.15, -0.1) is 0 Å². The van der Waals surface area contributed by atoms with Crippen LogP contribution < -0.4 is 9.47 Å². The van der Waals surface area contributed by atoms with Crippen LogP contribution in [0.1, 0.15) is 18.1 Å². The van der Waals surface area contributed by atoms with E-state index in [-0.39, 0.29) is 5.75 Å².